The normalized spacial score (nSPS) is 20.6. The first kappa shape index (κ1) is 14.1. The van der Waals surface area contributed by atoms with Crippen LogP contribution in [-0.2, 0) is 4.79 Å². The molecule has 0 aromatic heterocycles. The number of hydrogen-bond acceptors (Lipinski definition) is 2. The number of thioether (sulfide) groups is 1. The van der Waals surface area contributed by atoms with Gasteiger partial charge in [-0.1, -0.05) is 58.3 Å². The van der Waals surface area contributed by atoms with Gasteiger partial charge in [-0.2, -0.15) is 11.8 Å². The van der Waals surface area contributed by atoms with Crippen molar-refractivity contribution >= 4 is 17.5 Å². The monoisotopic (exact) mass is 242 g/mol. The number of Topliss-reactive ketones (excluding diaryl/α,β-unsaturated/α-hetero) is 1. The molecule has 1 aliphatic heterocycles. The average Bonchev–Trinajstić information content (AvgIpc) is 2.68. The number of carbonyl (C=O) groups is 1. The molecule has 0 spiro atoms. The van der Waals surface area contributed by atoms with Crippen molar-refractivity contribution in [3.63, 3.8) is 0 Å². The van der Waals surface area contributed by atoms with E-state index in [1.165, 1.54) is 51.4 Å². The van der Waals surface area contributed by atoms with Gasteiger partial charge in [-0.3, -0.25) is 4.79 Å². The molecule has 1 aliphatic rings. The molecule has 1 heterocycles. The molecular weight excluding hydrogens is 216 g/mol. The fraction of sp³-hybridized carbons (Fsp3) is 0.929. The molecule has 1 nitrogen and oxygen atoms in total. The number of unbranched alkanes of at least 4 members (excludes halogenated alkanes) is 7. The SMILES string of the molecule is CCCCCCCCCCC1CSCC1=O. The number of carbonyl (C=O) groups excluding carboxylic acids is 1. The molecule has 0 N–H and O–H groups in total. The third-order valence-corrected chi connectivity index (χ3v) is 4.55. The number of hydrogen-bond donors (Lipinski definition) is 0. The van der Waals surface area contributed by atoms with Gasteiger partial charge in [-0.05, 0) is 6.42 Å². The van der Waals surface area contributed by atoms with Crippen molar-refractivity contribution in [1.29, 1.82) is 0 Å². The summed E-state index contributed by atoms with van der Waals surface area (Å²) in [4.78, 5) is 11.4. The van der Waals surface area contributed by atoms with Gasteiger partial charge in [0.1, 0.15) is 5.78 Å². The van der Waals surface area contributed by atoms with Crippen molar-refractivity contribution in [2.45, 2.75) is 64.7 Å². The van der Waals surface area contributed by atoms with Crippen LogP contribution < -0.4 is 0 Å². The average molecular weight is 242 g/mol. The maximum Gasteiger partial charge on any atom is 0.146 e. The minimum absolute atomic E-state index is 0.407. The third-order valence-electron chi connectivity index (χ3n) is 3.42. The Labute approximate surface area is 105 Å². The van der Waals surface area contributed by atoms with Crippen molar-refractivity contribution in [1.82, 2.24) is 0 Å². The highest BCUT2D eigenvalue weighted by Crippen LogP contribution is 2.25. The Bertz CT molecular complexity index is 191. The van der Waals surface area contributed by atoms with Crippen molar-refractivity contribution < 1.29 is 4.79 Å². The van der Waals surface area contributed by atoms with E-state index in [4.69, 9.17) is 0 Å². The quantitative estimate of drug-likeness (QED) is 0.556. The molecule has 1 saturated heterocycles. The smallest absolute Gasteiger partial charge is 0.146 e. The summed E-state index contributed by atoms with van der Waals surface area (Å²) >= 11 is 1.82. The fourth-order valence-corrected chi connectivity index (χ4v) is 3.47. The fourth-order valence-electron chi connectivity index (χ4n) is 2.28. The standard InChI is InChI=1S/C14H26OS/c1-2-3-4-5-6-7-8-9-10-13-11-16-12-14(13)15/h13H,2-12H2,1H3. The second kappa shape index (κ2) is 9.09. The van der Waals surface area contributed by atoms with Crippen LogP contribution in [0.3, 0.4) is 0 Å². The van der Waals surface area contributed by atoms with Gasteiger partial charge in [0.05, 0.1) is 5.75 Å². The predicted molar refractivity (Wildman–Crippen MR) is 73.0 cm³/mol. The van der Waals surface area contributed by atoms with Crippen molar-refractivity contribution in [3.8, 4) is 0 Å². The molecule has 94 valence electrons. The van der Waals surface area contributed by atoms with Crippen LogP contribution in [0.4, 0.5) is 0 Å². The first-order chi connectivity index (χ1) is 7.84. The molecule has 1 rings (SSSR count). The van der Waals surface area contributed by atoms with Gasteiger partial charge in [-0.25, -0.2) is 0 Å². The second-order valence-electron chi connectivity index (χ2n) is 4.94. The van der Waals surface area contributed by atoms with Crippen LogP contribution in [-0.4, -0.2) is 17.3 Å². The van der Waals surface area contributed by atoms with Crippen LogP contribution in [0.5, 0.6) is 0 Å². The summed E-state index contributed by atoms with van der Waals surface area (Å²) in [7, 11) is 0. The van der Waals surface area contributed by atoms with E-state index in [0.717, 1.165) is 17.9 Å². The molecule has 0 amide bonds. The highest BCUT2D eigenvalue weighted by Gasteiger charge is 2.23. The van der Waals surface area contributed by atoms with E-state index in [1.807, 2.05) is 11.8 Å². The van der Waals surface area contributed by atoms with Gasteiger partial charge in [0.25, 0.3) is 0 Å². The van der Waals surface area contributed by atoms with Gasteiger partial charge < -0.3 is 0 Å². The Morgan fingerprint density at radius 1 is 1.06 bits per heavy atom. The molecule has 0 aromatic carbocycles. The number of rotatable bonds is 9. The van der Waals surface area contributed by atoms with Crippen LogP contribution in [0.25, 0.3) is 0 Å². The minimum Gasteiger partial charge on any atom is -0.298 e. The summed E-state index contributed by atoms with van der Waals surface area (Å²) in [5.74, 6) is 2.79. The van der Waals surface area contributed by atoms with E-state index in [9.17, 15) is 4.79 Å². The highest BCUT2D eigenvalue weighted by atomic mass is 32.2. The van der Waals surface area contributed by atoms with E-state index >= 15 is 0 Å². The number of ketones is 1. The maximum atomic E-state index is 11.4. The Balaban J connectivity index is 1.83. The molecule has 0 saturated carbocycles. The van der Waals surface area contributed by atoms with Gasteiger partial charge in [-0.15, -0.1) is 0 Å². The Kier molecular flexibility index (Phi) is 8.00. The van der Waals surface area contributed by atoms with E-state index in [1.54, 1.807) is 0 Å². The minimum atomic E-state index is 0.407. The maximum absolute atomic E-state index is 11.4. The van der Waals surface area contributed by atoms with E-state index in [0.29, 0.717) is 11.7 Å². The summed E-state index contributed by atoms with van der Waals surface area (Å²) in [5, 5.41) is 0. The lowest BCUT2D eigenvalue weighted by Gasteiger charge is -2.06. The molecule has 16 heavy (non-hydrogen) atoms. The van der Waals surface area contributed by atoms with Crippen LogP contribution >= 0.6 is 11.8 Å². The summed E-state index contributed by atoms with van der Waals surface area (Å²) in [6.07, 6.45) is 12.1. The molecule has 0 aromatic rings. The largest absolute Gasteiger partial charge is 0.298 e. The molecule has 1 atom stereocenters. The van der Waals surface area contributed by atoms with Crippen molar-refractivity contribution in [3.05, 3.63) is 0 Å². The van der Waals surface area contributed by atoms with E-state index < -0.39 is 0 Å². The zero-order valence-corrected chi connectivity index (χ0v) is 11.5. The zero-order chi connectivity index (χ0) is 11.6. The lowest BCUT2D eigenvalue weighted by atomic mass is 9.99. The van der Waals surface area contributed by atoms with Crippen LogP contribution in [0.1, 0.15) is 64.7 Å². The second-order valence-corrected chi connectivity index (χ2v) is 5.97. The van der Waals surface area contributed by atoms with Crippen molar-refractivity contribution in [2.24, 2.45) is 5.92 Å². The summed E-state index contributed by atoms with van der Waals surface area (Å²) in [6.45, 7) is 2.26. The Morgan fingerprint density at radius 2 is 1.69 bits per heavy atom. The molecule has 0 aliphatic carbocycles. The summed E-state index contributed by atoms with van der Waals surface area (Å²) in [5.41, 5.74) is 0. The zero-order valence-electron chi connectivity index (χ0n) is 10.7. The molecule has 0 bridgehead atoms. The third kappa shape index (κ3) is 5.93. The predicted octanol–water partition coefficient (Wildman–Crippen LogP) is 4.45. The van der Waals surface area contributed by atoms with Crippen LogP contribution in [0.2, 0.25) is 0 Å². The lowest BCUT2D eigenvalue weighted by molar-refractivity contribution is -0.119. The van der Waals surface area contributed by atoms with Crippen LogP contribution in [0, 0.1) is 5.92 Å². The first-order valence-corrected chi connectivity index (χ1v) is 8.10. The molecule has 1 unspecified atom stereocenters. The van der Waals surface area contributed by atoms with E-state index in [2.05, 4.69) is 6.92 Å². The highest BCUT2D eigenvalue weighted by molar-refractivity contribution is 8.00. The van der Waals surface area contributed by atoms with E-state index in [-0.39, 0.29) is 0 Å². The van der Waals surface area contributed by atoms with Gasteiger partial charge in [0.2, 0.25) is 0 Å². The molecule has 2 heteroatoms. The van der Waals surface area contributed by atoms with Gasteiger partial charge in [0, 0.05) is 11.7 Å². The molecular formula is C14H26OS. The summed E-state index contributed by atoms with van der Waals surface area (Å²) < 4.78 is 0. The lowest BCUT2D eigenvalue weighted by Crippen LogP contribution is -2.10. The molecule has 1 fully saturated rings. The van der Waals surface area contributed by atoms with Crippen molar-refractivity contribution in [2.75, 3.05) is 11.5 Å². The van der Waals surface area contributed by atoms with Gasteiger partial charge >= 0.3 is 0 Å². The Hall–Kier alpha value is 0.0200. The molecule has 0 radical (unpaired) electrons. The summed E-state index contributed by atoms with van der Waals surface area (Å²) in [6, 6.07) is 0. The first-order valence-electron chi connectivity index (χ1n) is 6.95. The Morgan fingerprint density at radius 3 is 2.25 bits per heavy atom. The van der Waals surface area contributed by atoms with Crippen LogP contribution in [0.15, 0.2) is 0 Å². The topological polar surface area (TPSA) is 17.1 Å². The van der Waals surface area contributed by atoms with Gasteiger partial charge in [0.15, 0.2) is 0 Å².